The van der Waals surface area contributed by atoms with Gasteiger partial charge in [-0.3, -0.25) is 9.59 Å². The first-order valence-electron chi connectivity index (χ1n) is 11.9. The SMILES string of the molecule is CC[C@H](NC(=O)OCC1c2ccccc2-c2ccccc21)C(=O)NC[C@H](CC(=O)O)CC(C)C. The third-order valence-electron chi connectivity index (χ3n) is 6.19. The van der Waals surface area contributed by atoms with Gasteiger partial charge in [-0.15, -0.1) is 0 Å². The van der Waals surface area contributed by atoms with Crippen molar-refractivity contribution in [2.75, 3.05) is 13.2 Å². The van der Waals surface area contributed by atoms with Crippen LogP contribution in [-0.4, -0.2) is 42.3 Å². The number of rotatable bonds is 11. The molecule has 2 atom stereocenters. The summed E-state index contributed by atoms with van der Waals surface area (Å²) in [5.41, 5.74) is 4.54. The molecule has 3 N–H and O–H groups in total. The Morgan fingerprint density at radius 2 is 1.59 bits per heavy atom. The van der Waals surface area contributed by atoms with Crippen LogP contribution in [0.2, 0.25) is 0 Å². The van der Waals surface area contributed by atoms with Crippen LogP contribution in [0, 0.1) is 11.8 Å². The molecule has 1 aliphatic rings. The Hall–Kier alpha value is -3.35. The molecule has 0 saturated carbocycles. The zero-order valence-electron chi connectivity index (χ0n) is 20.0. The molecule has 0 bridgehead atoms. The first-order valence-corrected chi connectivity index (χ1v) is 11.9. The molecule has 34 heavy (non-hydrogen) atoms. The van der Waals surface area contributed by atoms with Gasteiger partial charge in [0, 0.05) is 18.9 Å². The van der Waals surface area contributed by atoms with Crippen LogP contribution in [0.5, 0.6) is 0 Å². The highest BCUT2D eigenvalue weighted by Gasteiger charge is 2.29. The van der Waals surface area contributed by atoms with Crippen LogP contribution in [0.15, 0.2) is 48.5 Å². The molecule has 3 rings (SSSR count). The summed E-state index contributed by atoms with van der Waals surface area (Å²) in [5.74, 6) is -1.12. The van der Waals surface area contributed by atoms with Gasteiger partial charge in [-0.05, 0) is 46.9 Å². The van der Waals surface area contributed by atoms with Gasteiger partial charge in [0.1, 0.15) is 12.6 Å². The number of fused-ring (bicyclic) bond motifs is 3. The number of benzene rings is 2. The number of ether oxygens (including phenoxy) is 1. The number of hydrogen-bond donors (Lipinski definition) is 3. The van der Waals surface area contributed by atoms with Gasteiger partial charge in [0.05, 0.1) is 0 Å². The summed E-state index contributed by atoms with van der Waals surface area (Å²) in [6.07, 6.45) is 0.440. The first-order chi connectivity index (χ1) is 16.3. The third kappa shape index (κ3) is 6.37. The highest BCUT2D eigenvalue weighted by atomic mass is 16.5. The lowest BCUT2D eigenvalue weighted by molar-refractivity contribution is -0.138. The summed E-state index contributed by atoms with van der Waals surface area (Å²) >= 11 is 0. The molecule has 182 valence electrons. The fraction of sp³-hybridized carbons (Fsp3) is 0.444. The van der Waals surface area contributed by atoms with E-state index < -0.39 is 18.1 Å². The Morgan fingerprint density at radius 3 is 2.12 bits per heavy atom. The van der Waals surface area contributed by atoms with Crippen molar-refractivity contribution in [3.8, 4) is 11.1 Å². The summed E-state index contributed by atoms with van der Waals surface area (Å²) in [5, 5.41) is 14.6. The van der Waals surface area contributed by atoms with Crippen molar-refractivity contribution in [3.63, 3.8) is 0 Å². The first kappa shape index (κ1) is 25.3. The minimum atomic E-state index is -0.885. The van der Waals surface area contributed by atoms with E-state index in [1.807, 2.05) is 50.2 Å². The Kier molecular flexibility index (Phi) is 8.68. The zero-order chi connectivity index (χ0) is 24.7. The molecule has 0 unspecified atom stereocenters. The Bertz CT molecular complexity index is 974. The topological polar surface area (TPSA) is 105 Å². The second kappa shape index (κ2) is 11.7. The lowest BCUT2D eigenvalue weighted by atomic mass is 9.94. The number of carbonyl (C=O) groups is 3. The molecular weight excluding hydrogens is 432 g/mol. The van der Waals surface area contributed by atoms with Crippen molar-refractivity contribution in [2.45, 2.75) is 52.0 Å². The zero-order valence-corrected chi connectivity index (χ0v) is 20.0. The summed E-state index contributed by atoms with van der Waals surface area (Å²) in [6, 6.07) is 15.4. The van der Waals surface area contributed by atoms with Crippen molar-refractivity contribution < 1.29 is 24.2 Å². The van der Waals surface area contributed by atoms with Crippen molar-refractivity contribution in [1.82, 2.24) is 10.6 Å². The number of hydrogen-bond acceptors (Lipinski definition) is 4. The largest absolute Gasteiger partial charge is 0.481 e. The van der Waals surface area contributed by atoms with Gasteiger partial charge in [0.25, 0.3) is 0 Å². The van der Waals surface area contributed by atoms with E-state index in [9.17, 15) is 14.4 Å². The van der Waals surface area contributed by atoms with Gasteiger partial charge in [0.15, 0.2) is 0 Å². The molecule has 0 spiro atoms. The number of carboxylic acid groups (broad SMARTS) is 1. The van der Waals surface area contributed by atoms with E-state index in [1.165, 1.54) is 0 Å². The van der Waals surface area contributed by atoms with E-state index in [0.717, 1.165) is 22.3 Å². The number of alkyl carbamates (subject to hydrolysis) is 1. The van der Waals surface area contributed by atoms with Crippen LogP contribution in [0.4, 0.5) is 4.79 Å². The predicted molar refractivity (Wildman–Crippen MR) is 130 cm³/mol. The maximum absolute atomic E-state index is 12.6. The van der Waals surface area contributed by atoms with Crippen LogP contribution >= 0.6 is 0 Å². The van der Waals surface area contributed by atoms with Gasteiger partial charge >= 0.3 is 12.1 Å². The Morgan fingerprint density at radius 1 is 1.00 bits per heavy atom. The molecule has 2 aromatic rings. The van der Waals surface area contributed by atoms with Gasteiger partial charge < -0.3 is 20.5 Å². The molecule has 7 nitrogen and oxygen atoms in total. The molecule has 0 fully saturated rings. The van der Waals surface area contributed by atoms with E-state index in [1.54, 1.807) is 6.92 Å². The molecule has 0 aromatic heterocycles. The maximum atomic E-state index is 12.6. The van der Waals surface area contributed by atoms with Crippen LogP contribution < -0.4 is 10.6 Å². The van der Waals surface area contributed by atoms with Crippen LogP contribution in [0.1, 0.15) is 57.1 Å². The highest BCUT2D eigenvalue weighted by Crippen LogP contribution is 2.44. The third-order valence-corrected chi connectivity index (χ3v) is 6.19. The Balaban J connectivity index is 1.55. The van der Waals surface area contributed by atoms with E-state index in [2.05, 4.69) is 22.8 Å². The van der Waals surface area contributed by atoms with Gasteiger partial charge in [0.2, 0.25) is 5.91 Å². The molecule has 2 aromatic carbocycles. The summed E-state index contributed by atoms with van der Waals surface area (Å²) < 4.78 is 5.55. The van der Waals surface area contributed by atoms with Crippen molar-refractivity contribution in [1.29, 1.82) is 0 Å². The van der Waals surface area contributed by atoms with Gasteiger partial charge in [-0.1, -0.05) is 69.3 Å². The van der Waals surface area contributed by atoms with Crippen LogP contribution in [-0.2, 0) is 14.3 Å². The van der Waals surface area contributed by atoms with Gasteiger partial charge in [-0.2, -0.15) is 0 Å². The monoisotopic (exact) mass is 466 g/mol. The predicted octanol–water partition coefficient (Wildman–Crippen LogP) is 4.56. The maximum Gasteiger partial charge on any atom is 0.407 e. The van der Waals surface area contributed by atoms with E-state index in [-0.39, 0.29) is 37.3 Å². The average Bonchev–Trinajstić information content (AvgIpc) is 3.12. The summed E-state index contributed by atoms with van der Waals surface area (Å²) in [6.45, 7) is 6.27. The minimum Gasteiger partial charge on any atom is -0.481 e. The number of aliphatic carboxylic acids is 1. The molecule has 0 radical (unpaired) electrons. The van der Waals surface area contributed by atoms with E-state index in [0.29, 0.717) is 18.8 Å². The molecule has 1 aliphatic carbocycles. The van der Waals surface area contributed by atoms with Crippen molar-refractivity contribution >= 4 is 18.0 Å². The second-order valence-electron chi connectivity index (χ2n) is 9.27. The highest BCUT2D eigenvalue weighted by molar-refractivity contribution is 5.85. The molecular formula is C27H34N2O5. The fourth-order valence-electron chi connectivity index (χ4n) is 4.66. The lowest BCUT2D eigenvalue weighted by Gasteiger charge is -2.21. The minimum absolute atomic E-state index is 0.00490. The van der Waals surface area contributed by atoms with Crippen molar-refractivity contribution in [2.24, 2.45) is 11.8 Å². The van der Waals surface area contributed by atoms with Gasteiger partial charge in [-0.25, -0.2) is 4.79 Å². The average molecular weight is 467 g/mol. The molecule has 2 amide bonds. The van der Waals surface area contributed by atoms with E-state index in [4.69, 9.17) is 9.84 Å². The second-order valence-corrected chi connectivity index (χ2v) is 9.27. The molecule has 0 aliphatic heterocycles. The fourth-order valence-corrected chi connectivity index (χ4v) is 4.66. The lowest BCUT2D eigenvalue weighted by Crippen LogP contribution is -2.47. The van der Waals surface area contributed by atoms with E-state index >= 15 is 0 Å². The Labute approximate surface area is 200 Å². The number of carbonyl (C=O) groups excluding carboxylic acids is 2. The quantitative estimate of drug-likeness (QED) is 0.450. The number of nitrogens with one attached hydrogen (secondary N) is 2. The van der Waals surface area contributed by atoms with Crippen LogP contribution in [0.3, 0.4) is 0 Å². The summed E-state index contributed by atoms with van der Waals surface area (Å²) in [7, 11) is 0. The summed E-state index contributed by atoms with van der Waals surface area (Å²) in [4.78, 5) is 36.3. The smallest absolute Gasteiger partial charge is 0.407 e. The number of carboxylic acids is 1. The molecule has 0 saturated heterocycles. The standard InChI is InChI=1S/C27H34N2O5/c1-4-24(26(32)28-15-18(13-17(2)3)14-25(30)31)29-27(33)34-16-23-21-11-7-5-9-19(21)20-10-6-8-12-22(20)23/h5-12,17-18,23-24H,4,13-16H2,1-3H3,(H,28,32)(H,29,33)(H,30,31)/t18-,24-/m0/s1. The van der Waals surface area contributed by atoms with Crippen LogP contribution in [0.25, 0.3) is 11.1 Å². The van der Waals surface area contributed by atoms with Crippen molar-refractivity contribution in [3.05, 3.63) is 59.7 Å². The molecule has 0 heterocycles. The normalized spacial score (nSPS) is 14.1. The molecule has 7 heteroatoms. The number of amides is 2.